The maximum atomic E-state index is 10.4. The first-order valence-electron chi connectivity index (χ1n) is 4.84. The van der Waals surface area contributed by atoms with Gasteiger partial charge in [0.1, 0.15) is 6.29 Å². The number of hydrogen-bond donors (Lipinski definition) is 1. The van der Waals surface area contributed by atoms with Crippen LogP contribution in [-0.4, -0.2) is 17.0 Å². The molecule has 0 spiro atoms. The van der Waals surface area contributed by atoms with Gasteiger partial charge in [0.15, 0.2) is 0 Å². The average Bonchev–Trinajstić information content (AvgIpc) is 2.05. The Balaban J connectivity index is 2.40. The molecule has 0 aromatic carbocycles. The number of carbonyl (C=O) groups excluding carboxylic acids is 1. The second-order valence-corrected chi connectivity index (χ2v) is 4.10. The van der Waals surface area contributed by atoms with Gasteiger partial charge in [0.2, 0.25) is 0 Å². The number of aldehydes is 1. The molecule has 1 N–H and O–H groups in total. The normalized spacial score (nSPS) is 24.8. The van der Waals surface area contributed by atoms with E-state index < -0.39 is 5.60 Å². The van der Waals surface area contributed by atoms with Crippen LogP contribution in [0.4, 0.5) is 0 Å². The lowest BCUT2D eigenvalue weighted by Gasteiger charge is -2.33. The molecule has 1 aliphatic rings. The summed E-state index contributed by atoms with van der Waals surface area (Å²) in [5, 5.41) is 10.0. The van der Waals surface area contributed by atoms with E-state index >= 15 is 0 Å². The van der Waals surface area contributed by atoms with Crippen molar-refractivity contribution in [3.63, 3.8) is 0 Å². The smallest absolute Gasteiger partial charge is 0.122 e. The van der Waals surface area contributed by atoms with Gasteiger partial charge in [-0.1, -0.05) is 26.2 Å². The zero-order chi connectivity index (χ0) is 9.03. The Labute approximate surface area is 74.0 Å². The highest BCUT2D eigenvalue weighted by Crippen LogP contribution is 2.32. The molecule has 0 aliphatic heterocycles. The van der Waals surface area contributed by atoms with E-state index in [-0.39, 0.29) is 5.92 Å². The van der Waals surface area contributed by atoms with E-state index in [1.807, 2.05) is 6.92 Å². The summed E-state index contributed by atoms with van der Waals surface area (Å²) in [4.78, 5) is 10.4. The fourth-order valence-electron chi connectivity index (χ4n) is 2.06. The number of aliphatic hydroxyl groups is 1. The highest BCUT2D eigenvalue weighted by molar-refractivity contribution is 5.52. The van der Waals surface area contributed by atoms with Crippen molar-refractivity contribution in [1.29, 1.82) is 0 Å². The third-order valence-corrected chi connectivity index (χ3v) is 2.72. The summed E-state index contributed by atoms with van der Waals surface area (Å²) in [7, 11) is 0. The lowest BCUT2D eigenvalue weighted by Crippen LogP contribution is -2.33. The fourth-order valence-corrected chi connectivity index (χ4v) is 2.06. The Hall–Kier alpha value is -0.370. The summed E-state index contributed by atoms with van der Waals surface area (Å²) in [6.07, 6.45) is 6.81. The Kier molecular flexibility index (Phi) is 3.27. The van der Waals surface area contributed by atoms with Crippen LogP contribution in [0.3, 0.4) is 0 Å². The molecule has 0 amide bonds. The van der Waals surface area contributed by atoms with Crippen LogP contribution < -0.4 is 0 Å². The van der Waals surface area contributed by atoms with Gasteiger partial charge in [0, 0.05) is 5.92 Å². The van der Waals surface area contributed by atoms with Gasteiger partial charge < -0.3 is 9.90 Å². The lowest BCUT2D eigenvalue weighted by atomic mass is 9.79. The maximum absolute atomic E-state index is 10.4. The minimum Gasteiger partial charge on any atom is -0.390 e. The summed E-state index contributed by atoms with van der Waals surface area (Å²) >= 11 is 0. The molecule has 0 radical (unpaired) electrons. The molecule has 0 saturated heterocycles. The van der Waals surface area contributed by atoms with Crippen molar-refractivity contribution in [2.75, 3.05) is 0 Å². The van der Waals surface area contributed by atoms with E-state index in [9.17, 15) is 9.90 Å². The molecule has 70 valence electrons. The summed E-state index contributed by atoms with van der Waals surface area (Å²) in [6, 6.07) is 0. The Morgan fingerprint density at radius 2 is 2.00 bits per heavy atom. The molecule has 1 saturated carbocycles. The van der Waals surface area contributed by atoms with Gasteiger partial charge in [-0.2, -0.15) is 0 Å². The summed E-state index contributed by atoms with van der Waals surface area (Å²) in [6.45, 7) is 1.87. The van der Waals surface area contributed by atoms with E-state index in [2.05, 4.69) is 0 Å². The van der Waals surface area contributed by atoms with Gasteiger partial charge in [0.25, 0.3) is 0 Å². The zero-order valence-electron chi connectivity index (χ0n) is 7.75. The van der Waals surface area contributed by atoms with Crippen LogP contribution in [0.1, 0.15) is 45.4 Å². The summed E-state index contributed by atoms with van der Waals surface area (Å²) in [5.41, 5.74) is -0.529. The molecule has 0 heterocycles. The molecular weight excluding hydrogens is 152 g/mol. The van der Waals surface area contributed by atoms with Gasteiger partial charge >= 0.3 is 0 Å². The van der Waals surface area contributed by atoms with E-state index in [1.165, 1.54) is 6.42 Å². The highest BCUT2D eigenvalue weighted by atomic mass is 16.3. The summed E-state index contributed by atoms with van der Waals surface area (Å²) in [5.74, 6) is 0.00750. The molecule has 1 aliphatic carbocycles. The van der Waals surface area contributed by atoms with Crippen LogP contribution in [0.2, 0.25) is 0 Å². The van der Waals surface area contributed by atoms with Crippen molar-refractivity contribution >= 4 is 6.29 Å². The van der Waals surface area contributed by atoms with Crippen LogP contribution in [0.25, 0.3) is 0 Å². The molecule has 1 atom stereocenters. The molecule has 0 aromatic heterocycles. The van der Waals surface area contributed by atoms with Crippen LogP contribution in [0.15, 0.2) is 0 Å². The quantitative estimate of drug-likeness (QED) is 0.657. The second-order valence-electron chi connectivity index (χ2n) is 4.10. The monoisotopic (exact) mass is 170 g/mol. The van der Waals surface area contributed by atoms with Crippen LogP contribution in [0, 0.1) is 5.92 Å². The molecule has 1 fully saturated rings. The fraction of sp³-hybridized carbons (Fsp3) is 0.900. The molecule has 0 bridgehead atoms. The maximum Gasteiger partial charge on any atom is 0.122 e. The van der Waals surface area contributed by atoms with Crippen molar-refractivity contribution in [2.45, 2.75) is 51.0 Å². The van der Waals surface area contributed by atoms with Crippen molar-refractivity contribution in [3.05, 3.63) is 0 Å². The Morgan fingerprint density at radius 3 is 2.50 bits per heavy atom. The zero-order valence-corrected chi connectivity index (χ0v) is 7.75. The first-order valence-corrected chi connectivity index (χ1v) is 4.84. The van der Waals surface area contributed by atoms with Crippen LogP contribution in [-0.2, 0) is 4.79 Å². The van der Waals surface area contributed by atoms with Crippen molar-refractivity contribution in [3.8, 4) is 0 Å². The number of carbonyl (C=O) groups is 1. The van der Waals surface area contributed by atoms with Crippen molar-refractivity contribution in [2.24, 2.45) is 5.92 Å². The minimum atomic E-state index is -0.529. The van der Waals surface area contributed by atoms with E-state index in [0.29, 0.717) is 6.42 Å². The Bertz CT molecular complexity index is 148. The molecule has 12 heavy (non-hydrogen) atoms. The number of hydrogen-bond acceptors (Lipinski definition) is 2. The molecule has 2 heteroatoms. The predicted octanol–water partition coefficient (Wildman–Crippen LogP) is 1.91. The standard InChI is InChI=1S/C10H18O2/c1-9(8-11)7-10(12)5-3-2-4-6-10/h8-9,12H,2-7H2,1H3. The van der Waals surface area contributed by atoms with Crippen LogP contribution in [0.5, 0.6) is 0 Å². The van der Waals surface area contributed by atoms with E-state index in [1.54, 1.807) is 0 Å². The van der Waals surface area contributed by atoms with Crippen molar-refractivity contribution in [1.82, 2.24) is 0 Å². The highest BCUT2D eigenvalue weighted by Gasteiger charge is 2.30. The second kappa shape index (κ2) is 4.04. The van der Waals surface area contributed by atoms with Gasteiger partial charge in [0.05, 0.1) is 5.60 Å². The largest absolute Gasteiger partial charge is 0.390 e. The third kappa shape index (κ3) is 2.59. The van der Waals surface area contributed by atoms with Gasteiger partial charge in [-0.25, -0.2) is 0 Å². The molecule has 2 nitrogen and oxygen atoms in total. The predicted molar refractivity (Wildman–Crippen MR) is 47.9 cm³/mol. The van der Waals surface area contributed by atoms with Crippen LogP contribution >= 0.6 is 0 Å². The average molecular weight is 170 g/mol. The topological polar surface area (TPSA) is 37.3 Å². The van der Waals surface area contributed by atoms with Crippen molar-refractivity contribution < 1.29 is 9.90 Å². The summed E-state index contributed by atoms with van der Waals surface area (Å²) < 4.78 is 0. The first-order chi connectivity index (χ1) is 5.66. The number of rotatable bonds is 3. The molecular formula is C10H18O2. The van der Waals surface area contributed by atoms with E-state index in [0.717, 1.165) is 32.0 Å². The molecule has 0 aromatic rings. The minimum absolute atomic E-state index is 0.00750. The first kappa shape index (κ1) is 9.72. The van der Waals surface area contributed by atoms with E-state index in [4.69, 9.17) is 0 Å². The lowest BCUT2D eigenvalue weighted by molar-refractivity contribution is -0.113. The molecule has 1 unspecified atom stereocenters. The SMILES string of the molecule is CC(C=O)CC1(O)CCCCC1. The van der Waals surface area contributed by atoms with Gasteiger partial charge in [-0.15, -0.1) is 0 Å². The Morgan fingerprint density at radius 1 is 1.42 bits per heavy atom. The third-order valence-electron chi connectivity index (χ3n) is 2.72. The van der Waals surface area contributed by atoms with Gasteiger partial charge in [-0.3, -0.25) is 0 Å². The van der Waals surface area contributed by atoms with Gasteiger partial charge in [-0.05, 0) is 19.3 Å². The molecule has 1 rings (SSSR count).